The summed E-state index contributed by atoms with van der Waals surface area (Å²) in [6, 6.07) is 13.7. The summed E-state index contributed by atoms with van der Waals surface area (Å²) in [6.45, 7) is 6.42. The Hall–Kier alpha value is -1.77. The molecule has 3 rings (SSSR count). The Bertz CT molecular complexity index is 725. The van der Waals surface area contributed by atoms with Crippen LogP contribution < -0.4 is 0 Å². The fourth-order valence-electron chi connectivity index (χ4n) is 2.75. The molecule has 0 aliphatic heterocycles. The number of aryl methyl sites for hydroxylation is 3. The quantitative estimate of drug-likeness (QED) is 0.554. The van der Waals surface area contributed by atoms with Gasteiger partial charge in [-0.2, -0.15) is 29.4 Å². The van der Waals surface area contributed by atoms with E-state index in [1.165, 1.54) is 22.3 Å². The first kappa shape index (κ1) is 15.6. The normalized spacial score (nSPS) is 10.2. The molecule has 0 N–H and O–H groups in total. The van der Waals surface area contributed by atoms with E-state index in [9.17, 15) is 0 Å². The van der Waals surface area contributed by atoms with Gasteiger partial charge < -0.3 is 0 Å². The maximum Gasteiger partial charge on any atom is 0.138 e. The van der Waals surface area contributed by atoms with E-state index < -0.39 is 0 Å². The zero-order chi connectivity index (χ0) is 14.1. The molecule has 0 saturated carbocycles. The van der Waals surface area contributed by atoms with E-state index in [4.69, 9.17) is 0 Å². The van der Waals surface area contributed by atoms with Crippen molar-refractivity contribution in [3.63, 3.8) is 0 Å². The van der Waals surface area contributed by atoms with Crippen molar-refractivity contribution < 1.29 is 20.1 Å². The number of aromatic nitrogens is 3. The molecule has 109 valence electrons. The van der Waals surface area contributed by atoms with Crippen LogP contribution in [0.5, 0.6) is 0 Å². The second-order valence-electron chi connectivity index (χ2n) is 5.05. The van der Waals surface area contributed by atoms with Gasteiger partial charge in [-0.1, -0.05) is 34.4 Å². The van der Waals surface area contributed by atoms with Crippen molar-refractivity contribution in [3.8, 4) is 16.8 Å². The molecule has 0 aliphatic rings. The van der Waals surface area contributed by atoms with Crippen LogP contribution in [-0.2, 0) is 20.1 Å². The Morgan fingerprint density at radius 1 is 1.10 bits per heavy atom. The Labute approximate surface area is 138 Å². The molecule has 0 unspecified atom stereocenters. The van der Waals surface area contributed by atoms with Crippen molar-refractivity contribution in [2.24, 2.45) is 0 Å². The third-order valence-electron chi connectivity index (χ3n) is 3.43. The van der Waals surface area contributed by atoms with E-state index >= 15 is 0 Å². The Kier molecular flexibility index (Phi) is 4.71. The van der Waals surface area contributed by atoms with E-state index in [0.717, 1.165) is 11.3 Å². The molecular formula is C17H16IrN3-. The fourth-order valence-corrected chi connectivity index (χ4v) is 2.75. The van der Waals surface area contributed by atoms with Crippen LogP contribution in [0.2, 0.25) is 0 Å². The average Bonchev–Trinajstić information content (AvgIpc) is 2.92. The molecular weight excluding hydrogens is 438 g/mol. The zero-order valence-electron chi connectivity index (χ0n) is 12.2. The summed E-state index contributed by atoms with van der Waals surface area (Å²) in [4.78, 5) is 4.02. The Morgan fingerprint density at radius 3 is 2.43 bits per heavy atom. The molecule has 4 heteroatoms. The second kappa shape index (κ2) is 6.33. The molecule has 1 radical (unpaired) electrons. The number of nitrogens with zero attached hydrogens (tertiary/aromatic N) is 3. The third kappa shape index (κ3) is 2.97. The van der Waals surface area contributed by atoms with E-state index in [1.807, 2.05) is 12.1 Å². The molecule has 3 aromatic rings. The van der Waals surface area contributed by atoms with Gasteiger partial charge in [-0.3, -0.25) is 0 Å². The molecule has 0 fully saturated rings. The summed E-state index contributed by atoms with van der Waals surface area (Å²) in [5.74, 6) is 0. The maximum atomic E-state index is 4.22. The van der Waals surface area contributed by atoms with Gasteiger partial charge >= 0.3 is 0 Å². The van der Waals surface area contributed by atoms with Crippen molar-refractivity contribution in [2.75, 3.05) is 0 Å². The number of benzene rings is 2. The van der Waals surface area contributed by atoms with Gasteiger partial charge in [-0.05, 0) is 26.5 Å². The number of para-hydroxylation sites is 1. The molecule has 3 nitrogen and oxygen atoms in total. The Morgan fingerprint density at radius 2 is 1.81 bits per heavy atom. The van der Waals surface area contributed by atoms with Crippen molar-refractivity contribution in [1.82, 2.24) is 14.8 Å². The monoisotopic (exact) mass is 455 g/mol. The zero-order valence-corrected chi connectivity index (χ0v) is 14.6. The topological polar surface area (TPSA) is 30.7 Å². The number of rotatable bonds is 2. The number of hydrogen-bond donors (Lipinski definition) is 0. The van der Waals surface area contributed by atoms with Gasteiger partial charge in [-0.15, -0.1) is 5.56 Å². The predicted octanol–water partition coefficient (Wildman–Crippen LogP) is 3.66. The van der Waals surface area contributed by atoms with Crippen LogP contribution in [0.1, 0.15) is 16.7 Å². The SMILES string of the molecule is Cc1cc(C)c(-c2ccc[c-]c2-n2cncn2)c(C)c1.[Ir]. The van der Waals surface area contributed by atoms with Crippen molar-refractivity contribution in [1.29, 1.82) is 0 Å². The van der Waals surface area contributed by atoms with Crippen LogP contribution in [0.15, 0.2) is 43.0 Å². The van der Waals surface area contributed by atoms with E-state index in [-0.39, 0.29) is 20.1 Å². The van der Waals surface area contributed by atoms with Gasteiger partial charge in [0.2, 0.25) is 0 Å². The molecule has 0 amide bonds. The summed E-state index contributed by atoms with van der Waals surface area (Å²) in [5.41, 5.74) is 7.13. The summed E-state index contributed by atoms with van der Waals surface area (Å²) in [5, 5.41) is 4.22. The van der Waals surface area contributed by atoms with E-state index in [0.29, 0.717) is 0 Å². The minimum Gasteiger partial charge on any atom is -0.245 e. The predicted molar refractivity (Wildman–Crippen MR) is 79.8 cm³/mol. The van der Waals surface area contributed by atoms with Crippen LogP contribution in [0, 0.1) is 26.8 Å². The summed E-state index contributed by atoms with van der Waals surface area (Å²) >= 11 is 0. The summed E-state index contributed by atoms with van der Waals surface area (Å²) < 4.78 is 1.76. The minimum atomic E-state index is 0. The van der Waals surface area contributed by atoms with Gasteiger partial charge in [0.15, 0.2) is 0 Å². The molecule has 0 aliphatic carbocycles. The van der Waals surface area contributed by atoms with Crippen molar-refractivity contribution in [2.45, 2.75) is 20.8 Å². The van der Waals surface area contributed by atoms with Gasteiger partial charge in [0, 0.05) is 20.1 Å². The summed E-state index contributed by atoms with van der Waals surface area (Å²) in [7, 11) is 0. The molecule has 0 bridgehead atoms. The van der Waals surface area contributed by atoms with Gasteiger partial charge in [0.05, 0.1) is 0 Å². The van der Waals surface area contributed by atoms with Crippen molar-refractivity contribution in [3.05, 3.63) is 65.7 Å². The Balaban J connectivity index is 0.00000161. The van der Waals surface area contributed by atoms with E-state index in [1.54, 1.807) is 17.3 Å². The molecule has 0 saturated heterocycles. The maximum absolute atomic E-state index is 4.22. The average molecular weight is 455 g/mol. The van der Waals surface area contributed by atoms with Crippen LogP contribution in [-0.4, -0.2) is 14.8 Å². The molecule has 1 heterocycles. The van der Waals surface area contributed by atoms with Gasteiger partial charge in [0.25, 0.3) is 0 Å². The van der Waals surface area contributed by atoms with Crippen molar-refractivity contribution >= 4 is 0 Å². The first-order chi connectivity index (χ1) is 9.66. The summed E-state index contributed by atoms with van der Waals surface area (Å²) in [6.07, 6.45) is 3.24. The molecule has 1 aromatic heterocycles. The minimum absolute atomic E-state index is 0. The molecule has 0 spiro atoms. The second-order valence-corrected chi connectivity index (χ2v) is 5.05. The van der Waals surface area contributed by atoms with E-state index in [2.05, 4.69) is 55.1 Å². The third-order valence-corrected chi connectivity index (χ3v) is 3.43. The standard InChI is InChI=1S/C17H16N3.Ir/c1-12-8-13(2)17(14(3)9-12)15-6-4-5-7-16(15)20-11-18-10-19-20;/h4-6,8-11H,1-3H3;/q-1;. The fraction of sp³-hybridized carbons (Fsp3) is 0.176. The van der Waals surface area contributed by atoms with Crippen LogP contribution >= 0.6 is 0 Å². The first-order valence-corrected chi connectivity index (χ1v) is 6.61. The van der Waals surface area contributed by atoms with Crippen LogP contribution in [0.3, 0.4) is 0 Å². The number of hydrogen-bond acceptors (Lipinski definition) is 2. The molecule has 21 heavy (non-hydrogen) atoms. The van der Waals surface area contributed by atoms with Gasteiger partial charge in [0.1, 0.15) is 12.7 Å². The first-order valence-electron chi connectivity index (χ1n) is 6.61. The van der Waals surface area contributed by atoms with Crippen LogP contribution in [0.4, 0.5) is 0 Å². The molecule has 2 aromatic carbocycles. The smallest absolute Gasteiger partial charge is 0.138 e. The largest absolute Gasteiger partial charge is 0.245 e. The van der Waals surface area contributed by atoms with Gasteiger partial charge in [-0.25, -0.2) is 9.67 Å². The molecule has 0 atom stereocenters. The van der Waals surface area contributed by atoms with Crippen LogP contribution in [0.25, 0.3) is 16.8 Å².